The fourth-order valence-corrected chi connectivity index (χ4v) is 4.12. The molecule has 0 radical (unpaired) electrons. The van der Waals surface area contributed by atoms with E-state index < -0.39 is 0 Å². The fourth-order valence-electron chi connectivity index (χ4n) is 4.12. The fraction of sp³-hybridized carbons (Fsp3) is 0.611. The highest BCUT2D eigenvalue weighted by molar-refractivity contribution is 5.79. The summed E-state index contributed by atoms with van der Waals surface area (Å²) in [5, 5.41) is 0. The van der Waals surface area contributed by atoms with Crippen LogP contribution >= 0.6 is 0 Å². The van der Waals surface area contributed by atoms with Gasteiger partial charge in [0, 0.05) is 19.0 Å². The van der Waals surface area contributed by atoms with Crippen LogP contribution in [0.3, 0.4) is 0 Å². The second-order valence-electron chi connectivity index (χ2n) is 6.56. The Morgan fingerprint density at radius 2 is 2.05 bits per heavy atom. The molecule has 3 atom stereocenters. The van der Waals surface area contributed by atoms with E-state index in [-0.39, 0.29) is 0 Å². The topological polar surface area (TPSA) is 20.3 Å². The van der Waals surface area contributed by atoms with Crippen LogP contribution < -0.4 is 0 Å². The minimum Gasteiger partial charge on any atom is -0.338 e. The first kappa shape index (κ1) is 13.7. The molecule has 0 N–H and O–H groups in total. The number of hydrogen-bond acceptors (Lipinski definition) is 1. The van der Waals surface area contributed by atoms with Gasteiger partial charge < -0.3 is 4.90 Å². The van der Waals surface area contributed by atoms with Crippen molar-refractivity contribution in [2.24, 2.45) is 17.8 Å². The second kappa shape index (κ2) is 5.59. The molecule has 108 valence electrons. The van der Waals surface area contributed by atoms with Crippen molar-refractivity contribution in [2.75, 3.05) is 6.54 Å². The Morgan fingerprint density at radius 1 is 1.25 bits per heavy atom. The van der Waals surface area contributed by atoms with E-state index in [9.17, 15) is 4.79 Å². The van der Waals surface area contributed by atoms with Crippen LogP contribution in [0, 0.1) is 24.7 Å². The number of nitrogens with zero attached hydrogens (tertiary/aromatic N) is 1. The largest absolute Gasteiger partial charge is 0.338 e. The van der Waals surface area contributed by atoms with Gasteiger partial charge in [-0.25, -0.2) is 0 Å². The van der Waals surface area contributed by atoms with E-state index in [1.54, 1.807) is 0 Å². The Hall–Kier alpha value is -1.31. The van der Waals surface area contributed by atoms with Crippen LogP contribution in [-0.4, -0.2) is 17.4 Å². The van der Waals surface area contributed by atoms with E-state index in [1.165, 1.54) is 30.4 Å². The third-order valence-corrected chi connectivity index (χ3v) is 5.37. The van der Waals surface area contributed by atoms with Crippen LogP contribution in [0.2, 0.25) is 0 Å². The highest BCUT2D eigenvalue weighted by Gasteiger charge is 2.44. The lowest BCUT2D eigenvalue weighted by Gasteiger charge is -2.29. The highest BCUT2D eigenvalue weighted by atomic mass is 16.2. The van der Waals surface area contributed by atoms with Gasteiger partial charge in [-0.2, -0.15) is 0 Å². The average molecular weight is 271 g/mol. The third-order valence-electron chi connectivity index (χ3n) is 5.37. The maximum absolute atomic E-state index is 12.8. The van der Waals surface area contributed by atoms with E-state index >= 15 is 0 Å². The first-order valence-electron chi connectivity index (χ1n) is 8.02. The zero-order valence-corrected chi connectivity index (χ0v) is 12.6. The maximum Gasteiger partial charge on any atom is 0.226 e. The summed E-state index contributed by atoms with van der Waals surface area (Å²) in [5.41, 5.74) is 2.57. The van der Waals surface area contributed by atoms with Crippen molar-refractivity contribution in [3.05, 3.63) is 35.4 Å². The van der Waals surface area contributed by atoms with Gasteiger partial charge in [-0.1, -0.05) is 30.7 Å². The standard InChI is InChI=1S/C18H25NO/c1-3-19(12-16-7-5-4-6-13(16)2)18(20)17-11-14-8-9-15(17)10-14/h4-7,14-15,17H,3,8-12H2,1-2H3. The van der Waals surface area contributed by atoms with Crippen molar-refractivity contribution >= 4 is 5.91 Å². The molecule has 3 rings (SSSR count). The molecule has 2 saturated carbocycles. The van der Waals surface area contributed by atoms with Crippen LogP contribution in [0.25, 0.3) is 0 Å². The molecule has 2 aliphatic rings. The number of carbonyl (C=O) groups excluding carboxylic acids is 1. The zero-order valence-electron chi connectivity index (χ0n) is 12.6. The molecule has 2 fully saturated rings. The Morgan fingerprint density at radius 3 is 2.65 bits per heavy atom. The Labute approximate surface area is 122 Å². The number of amides is 1. The van der Waals surface area contributed by atoms with E-state index in [1.807, 2.05) is 0 Å². The zero-order chi connectivity index (χ0) is 14.1. The Kier molecular flexibility index (Phi) is 3.82. The van der Waals surface area contributed by atoms with Gasteiger partial charge in [0.15, 0.2) is 0 Å². The van der Waals surface area contributed by atoms with Crippen LogP contribution in [0.1, 0.15) is 43.7 Å². The molecule has 2 nitrogen and oxygen atoms in total. The molecule has 1 aromatic rings. The summed E-state index contributed by atoms with van der Waals surface area (Å²) >= 11 is 0. The molecule has 1 aromatic carbocycles. The lowest BCUT2D eigenvalue weighted by atomic mass is 9.87. The van der Waals surface area contributed by atoms with Gasteiger partial charge in [-0.15, -0.1) is 0 Å². The molecule has 0 aromatic heterocycles. The molecule has 2 heteroatoms. The minimum absolute atomic E-state index is 0.317. The predicted octanol–water partition coefficient (Wildman–Crippen LogP) is 3.78. The molecule has 1 amide bonds. The van der Waals surface area contributed by atoms with Crippen molar-refractivity contribution in [1.82, 2.24) is 4.90 Å². The maximum atomic E-state index is 12.8. The van der Waals surface area contributed by atoms with Gasteiger partial charge in [-0.05, 0) is 56.1 Å². The van der Waals surface area contributed by atoms with Crippen LogP contribution in [0.15, 0.2) is 24.3 Å². The predicted molar refractivity (Wildman–Crippen MR) is 81.2 cm³/mol. The Bertz CT molecular complexity index is 496. The van der Waals surface area contributed by atoms with Gasteiger partial charge in [0.1, 0.15) is 0 Å². The first-order valence-corrected chi connectivity index (χ1v) is 8.02. The van der Waals surface area contributed by atoms with E-state index in [2.05, 4.69) is 43.0 Å². The molecule has 0 saturated heterocycles. The van der Waals surface area contributed by atoms with Crippen molar-refractivity contribution < 1.29 is 4.79 Å². The summed E-state index contributed by atoms with van der Waals surface area (Å²) in [4.78, 5) is 14.9. The van der Waals surface area contributed by atoms with Crippen molar-refractivity contribution in [3.8, 4) is 0 Å². The molecular weight excluding hydrogens is 246 g/mol. The molecule has 0 spiro atoms. The first-order chi connectivity index (χ1) is 9.69. The van der Waals surface area contributed by atoms with Crippen LogP contribution in [0.5, 0.6) is 0 Å². The quantitative estimate of drug-likeness (QED) is 0.816. The number of hydrogen-bond donors (Lipinski definition) is 0. The van der Waals surface area contributed by atoms with Gasteiger partial charge in [0.05, 0.1) is 0 Å². The van der Waals surface area contributed by atoms with Crippen LogP contribution in [0.4, 0.5) is 0 Å². The molecule has 0 aliphatic heterocycles. The number of carbonyl (C=O) groups is 1. The second-order valence-corrected chi connectivity index (χ2v) is 6.56. The van der Waals surface area contributed by atoms with Gasteiger partial charge in [-0.3, -0.25) is 4.79 Å². The molecule has 2 aliphatic carbocycles. The SMILES string of the molecule is CCN(Cc1ccccc1C)C(=O)C1CC2CCC1C2. The lowest BCUT2D eigenvalue weighted by Crippen LogP contribution is -2.37. The molecular formula is C18H25NO. The Balaban J connectivity index is 1.70. The number of fused-ring (bicyclic) bond motifs is 2. The average Bonchev–Trinajstić information content (AvgIpc) is 3.08. The molecule has 3 unspecified atom stereocenters. The highest BCUT2D eigenvalue weighted by Crippen LogP contribution is 2.48. The summed E-state index contributed by atoms with van der Waals surface area (Å²) in [6.07, 6.45) is 5.09. The summed E-state index contributed by atoms with van der Waals surface area (Å²) in [6.45, 7) is 5.82. The molecule has 20 heavy (non-hydrogen) atoms. The van der Waals surface area contributed by atoms with Crippen LogP contribution in [-0.2, 0) is 11.3 Å². The van der Waals surface area contributed by atoms with Crippen molar-refractivity contribution in [3.63, 3.8) is 0 Å². The number of aryl methyl sites for hydroxylation is 1. The van der Waals surface area contributed by atoms with Crippen molar-refractivity contribution in [1.29, 1.82) is 0 Å². The molecule has 0 heterocycles. The number of benzene rings is 1. The van der Waals surface area contributed by atoms with E-state index in [4.69, 9.17) is 0 Å². The lowest BCUT2D eigenvalue weighted by molar-refractivity contribution is -0.137. The number of rotatable bonds is 4. The van der Waals surface area contributed by atoms with E-state index in [0.717, 1.165) is 25.4 Å². The van der Waals surface area contributed by atoms with Crippen molar-refractivity contribution in [2.45, 2.75) is 46.1 Å². The van der Waals surface area contributed by atoms with Gasteiger partial charge in [0.2, 0.25) is 5.91 Å². The molecule has 2 bridgehead atoms. The van der Waals surface area contributed by atoms with Gasteiger partial charge >= 0.3 is 0 Å². The summed E-state index contributed by atoms with van der Waals surface area (Å²) in [7, 11) is 0. The minimum atomic E-state index is 0.317. The summed E-state index contributed by atoms with van der Waals surface area (Å²) in [6, 6.07) is 8.41. The summed E-state index contributed by atoms with van der Waals surface area (Å²) < 4.78 is 0. The smallest absolute Gasteiger partial charge is 0.226 e. The monoisotopic (exact) mass is 271 g/mol. The van der Waals surface area contributed by atoms with Gasteiger partial charge in [0.25, 0.3) is 0 Å². The van der Waals surface area contributed by atoms with E-state index in [0.29, 0.717) is 17.7 Å². The summed E-state index contributed by atoms with van der Waals surface area (Å²) in [5.74, 6) is 2.24. The third kappa shape index (κ3) is 2.48. The normalized spacial score (nSPS) is 27.8.